The van der Waals surface area contributed by atoms with Gasteiger partial charge < -0.3 is 9.47 Å². The fourth-order valence-corrected chi connectivity index (χ4v) is 2.00. The summed E-state index contributed by atoms with van der Waals surface area (Å²) in [6.45, 7) is -0.209. The van der Waals surface area contributed by atoms with E-state index >= 15 is 0 Å². The van der Waals surface area contributed by atoms with Crippen LogP contribution < -0.4 is 9.47 Å². The van der Waals surface area contributed by atoms with Crippen molar-refractivity contribution < 1.29 is 21.8 Å². The maximum absolute atomic E-state index is 12.4. The van der Waals surface area contributed by atoms with E-state index in [4.69, 9.17) is 9.47 Å². The molecule has 1 aromatic carbocycles. The van der Waals surface area contributed by atoms with Gasteiger partial charge in [-0.05, 0) is 23.4 Å². The quantitative estimate of drug-likeness (QED) is 0.722. The number of rotatable bonds is 6. The summed E-state index contributed by atoms with van der Waals surface area (Å²) in [4.78, 5) is 1.02. The predicted molar refractivity (Wildman–Crippen MR) is 71.3 cm³/mol. The van der Waals surface area contributed by atoms with Gasteiger partial charge in [-0.1, -0.05) is 0 Å². The first-order valence-electron chi connectivity index (χ1n) is 5.85. The molecule has 0 aliphatic rings. The average molecular weight is 316 g/mol. The van der Waals surface area contributed by atoms with Crippen LogP contribution in [0.5, 0.6) is 11.5 Å². The number of tetrazole rings is 1. The Morgan fingerprint density at radius 1 is 1.24 bits per heavy atom. The van der Waals surface area contributed by atoms with E-state index in [1.165, 1.54) is 14.2 Å². The fraction of sp³-hybridized carbons (Fsp3) is 0.364. The van der Waals surface area contributed by atoms with Crippen LogP contribution in [-0.2, 0) is 16.8 Å². The zero-order chi connectivity index (χ0) is 15.5. The number of halogens is 1. The van der Waals surface area contributed by atoms with E-state index in [2.05, 4.69) is 15.4 Å². The Bertz CT molecular complexity index is 732. The van der Waals surface area contributed by atoms with Crippen LogP contribution in [0.1, 0.15) is 0 Å². The summed E-state index contributed by atoms with van der Waals surface area (Å²) in [7, 11) is -1.55. The van der Waals surface area contributed by atoms with E-state index in [-0.39, 0.29) is 12.4 Å². The van der Waals surface area contributed by atoms with Gasteiger partial charge in [-0.25, -0.2) is 0 Å². The summed E-state index contributed by atoms with van der Waals surface area (Å²) < 4.78 is 43.6. The van der Waals surface area contributed by atoms with Crippen LogP contribution in [0, 0.1) is 0 Å². The van der Waals surface area contributed by atoms with Crippen molar-refractivity contribution >= 4 is 10.2 Å². The Morgan fingerprint density at radius 2 is 1.95 bits per heavy atom. The number of benzene rings is 1. The summed E-state index contributed by atoms with van der Waals surface area (Å²) in [5.74, 6) is 0.622. The molecule has 0 amide bonds. The molecule has 0 atom stereocenters. The van der Waals surface area contributed by atoms with Crippen molar-refractivity contribution in [3.63, 3.8) is 0 Å². The first-order chi connectivity index (χ1) is 9.93. The molecule has 0 fully saturated rings. The van der Waals surface area contributed by atoms with E-state index in [0.29, 0.717) is 17.1 Å². The van der Waals surface area contributed by atoms with Crippen LogP contribution in [-0.4, -0.2) is 48.6 Å². The molecule has 0 unspecified atom stereocenters. The Kier molecular flexibility index (Phi) is 4.36. The van der Waals surface area contributed by atoms with Gasteiger partial charge in [0, 0.05) is 5.56 Å². The molecule has 0 aliphatic heterocycles. The second-order valence-corrected chi connectivity index (χ2v) is 5.51. The predicted octanol–water partition coefficient (Wildman–Crippen LogP) is 0.657. The molecular formula is C11H13FN4O4S. The highest BCUT2D eigenvalue weighted by atomic mass is 32.3. The SMILES string of the molecule is COc1ccc(-c2nnn(CCS(=O)(=O)F)n2)cc1OC. The number of hydrogen-bond donors (Lipinski definition) is 0. The number of aromatic nitrogens is 4. The van der Waals surface area contributed by atoms with E-state index in [9.17, 15) is 12.3 Å². The largest absolute Gasteiger partial charge is 0.493 e. The normalized spacial score (nSPS) is 11.4. The first kappa shape index (κ1) is 15.2. The smallest absolute Gasteiger partial charge is 0.304 e. The minimum absolute atomic E-state index is 0.209. The van der Waals surface area contributed by atoms with Gasteiger partial charge in [0.2, 0.25) is 5.82 Å². The van der Waals surface area contributed by atoms with Crippen LogP contribution in [0.25, 0.3) is 11.4 Å². The highest BCUT2D eigenvalue weighted by molar-refractivity contribution is 7.86. The second kappa shape index (κ2) is 6.04. The lowest BCUT2D eigenvalue weighted by atomic mass is 10.2. The summed E-state index contributed by atoms with van der Waals surface area (Å²) in [6.07, 6.45) is 0. The molecule has 0 saturated heterocycles. The van der Waals surface area contributed by atoms with Crippen molar-refractivity contribution in [1.29, 1.82) is 0 Å². The number of hydrogen-bond acceptors (Lipinski definition) is 7. The van der Waals surface area contributed by atoms with Gasteiger partial charge in [0.1, 0.15) is 5.75 Å². The summed E-state index contributed by atoms with van der Waals surface area (Å²) in [5.41, 5.74) is 0.613. The molecular weight excluding hydrogens is 303 g/mol. The lowest BCUT2D eigenvalue weighted by Crippen LogP contribution is -2.11. The molecule has 2 rings (SSSR count). The molecule has 21 heavy (non-hydrogen) atoms. The highest BCUT2D eigenvalue weighted by Crippen LogP contribution is 2.30. The van der Waals surface area contributed by atoms with E-state index < -0.39 is 16.0 Å². The number of methoxy groups -OCH3 is 2. The van der Waals surface area contributed by atoms with Crippen molar-refractivity contribution in [2.75, 3.05) is 20.0 Å². The van der Waals surface area contributed by atoms with Crippen LogP contribution in [0.15, 0.2) is 18.2 Å². The molecule has 2 aromatic rings. The lowest BCUT2D eigenvalue weighted by molar-refractivity contribution is 0.355. The van der Waals surface area contributed by atoms with E-state index in [1.807, 2.05) is 0 Å². The first-order valence-corrected chi connectivity index (χ1v) is 7.41. The van der Waals surface area contributed by atoms with Crippen molar-refractivity contribution in [2.45, 2.75) is 6.54 Å². The Balaban J connectivity index is 2.21. The summed E-state index contributed by atoms with van der Waals surface area (Å²) in [6, 6.07) is 5.04. The molecule has 1 aromatic heterocycles. The number of aryl methyl sites for hydroxylation is 1. The average Bonchev–Trinajstić information content (AvgIpc) is 2.92. The lowest BCUT2D eigenvalue weighted by Gasteiger charge is -2.07. The third-order valence-electron chi connectivity index (χ3n) is 2.63. The standard InChI is InChI=1S/C11H13FN4O4S/c1-19-9-4-3-8(7-10(9)20-2)11-13-15-16(14-11)5-6-21(12,17)18/h3-4,7H,5-6H2,1-2H3. The molecule has 10 heteroatoms. The maximum atomic E-state index is 12.4. The molecule has 0 radical (unpaired) electrons. The maximum Gasteiger partial charge on any atom is 0.304 e. The van der Waals surface area contributed by atoms with Gasteiger partial charge in [0.05, 0.1) is 20.8 Å². The molecule has 0 spiro atoms. The fourth-order valence-electron chi connectivity index (χ4n) is 1.62. The molecule has 1 heterocycles. The molecule has 0 bridgehead atoms. The monoisotopic (exact) mass is 316 g/mol. The summed E-state index contributed by atoms with van der Waals surface area (Å²) >= 11 is 0. The van der Waals surface area contributed by atoms with Gasteiger partial charge in [0.25, 0.3) is 0 Å². The Hall–Kier alpha value is -2.23. The van der Waals surface area contributed by atoms with Gasteiger partial charge >= 0.3 is 10.2 Å². The highest BCUT2D eigenvalue weighted by Gasteiger charge is 2.12. The van der Waals surface area contributed by atoms with Gasteiger partial charge in [-0.2, -0.15) is 13.2 Å². The molecule has 8 nitrogen and oxygen atoms in total. The van der Waals surface area contributed by atoms with Gasteiger partial charge in [-0.3, -0.25) is 0 Å². The topological polar surface area (TPSA) is 96.2 Å². The van der Waals surface area contributed by atoms with Gasteiger partial charge in [-0.15, -0.1) is 14.1 Å². The zero-order valence-corrected chi connectivity index (χ0v) is 12.2. The van der Waals surface area contributed by atoms with Crippen molar-refractivity contribution in [2.24, 2.45) is 0 Å². The van der Waals surface area contributed by atoms with Gasteiger partial charge in [0.15, 0.2) is 11.5 Å². The zero-order valence-electron chi connectivity index (χ0n) is 11.4. The molecule has 0 N–H and O–H groups in total. The van der Waals surface area contributed by atoms with Crippen LogP contribution in [0.4, 0.5) is 3.89 Å². The second-order valence-electron chi connectivity index (χ2n) is 4.02. The third-order valence-corrected chi connectivity index (χ3v) is 3.30. The molecule has 0 aliphatic carbocycles. The van der Waals surface area contributed by atoms with Crippen LogP contribution >= 0.6 is 0 Å². The third kappa shape index (κ3) is 3.88. The minimum Gasteiger partial charge on any atom is -0.493 e. The van der Waals surface area contributed by atoms with E-state index in [1.54, 1.807) is 18.2 Å². The number of nitrogens with zero attached hydrogens (tertiary/aromatic N) is 4. The van der Waals surface area contributed by atoms with Crippen molar-refractivity contribution in [3.8, 4) is 22.9 Å². The van der Waals surface area contributed by atoms with Crippen LogP contribution in [0.2, 0.25) is 0 Å². The summed E-state index contributed by atoms with van der Waals surface area (Å²) in [5, 5.41) is 11.4. The minimum atomic E-state index is -4.56. The Labute approximate surface area is 120 Å². The van der Waals surface area contributed by atoms with E-state index in [0.717, 1.165) is 4.80 Å². The van der Waals surface area contributed by atoms with Crippen molar-refractivity contribution in [1.82, 2.24) is 20.2 Å². The van der Waals surface area contributed by atoms with Crippen molar-refractivity contribution in [3.05, 3.63) is 18.2 Å². The number of ether oxygens (including phenoxy) is 2. The molecule has 114 valence electrons. The Morgan fingerprint density at radius 3 is 2.57 bits per heavy atom. The molecule has 0 saturated carbocycles. The van der Waals surface area contributed by atoms with Crippen LogP contribution in [0.3, 0.4) is 0 Å².